The third-order valence-electron chi connectivity index (χ3n) is 7.06. The van der Waals surface area contributed by atoms with E-state index < -0.39 is 18.1 Å². The van der Waals surface area contributed by atoms with Gasteiger partial charge in [-0.2, -0.15) is 18.3 Å². The van der Waals surface area contributed by atoms with Crippen molar-refractivity contribution < 1.29 is 27.5 Å². The van der Waals surface area contributed by atoms with Crippen LogP contribution in [0.25, 0.3) is 5.69 Å². The predicted molar refractivity (Wildman–Crippen MR) is 132 cm³/mol. The van der Waals surface area contributed by atoms with Crippen LogP contribution in [-0.4, -0.2) is 80.9 Å². The number of rotatable bonds is 6. The van der Waals surface area contributed by atoms with Crippen molar-refractivity contribution in [1.29, 1.82) is 0 Å². The third kappa shape index (κ3) is 5.72. The van der Waals surface area contributed by atoms with Crippen LogP contribution in [0.15, 0.2) is 55.1 Å². The molecule has 0 N–H and O–H groups in total. The van der Waals surface area contributed by atoms with Crippen molar-refractivity contribution in [1.82, 2.24) is 24.6 Å². The Bertz CT molecular complexity index is 1290. The fourth-order valence-electron chi connectivity index (χ4n) is 5.06. The largest absolute Gasteiger partial charge is 0.459 e. The Kier molecular flexibility index (Phi) is 7.20. The SMILES string of the molecule is CC1Cc2cc(CCN3CCN(C(=O)Cc4ccc(-n5cncn5)cc4)C(C(F)(F)F)C3)ccc2C(=O)O1. The summed E-state index contributed by atoms with van der Waals surface area (Å²) in [7, 11) is 0. The second-order valence-corrected chi connectivity index (χ2v) is 9.79. The molecule has 0 saturated carbocycles. The summed E-state index contributed by atoms with van der Waals surface area (Å²) in [6.45, 7) is 2.36. The van der Waals surface area contributed by atoms with Crippen LogP contribution in [0.5, 0.6) is 0 Å². The Labute approximate surface area is 218 Å². The number of hydrogen-bond acceptors (Lipinski definition) is 6. The highest BCUT2D eigenvalue weighted by Gasteiger charge is 2.47. The second-order valence-electron chi connectivity index (χ2n) is 9.79. The minimum absolute atomic E-state index is 0.00753. The molecule has 2 aliphatic heterocycles. The molecule has 0 aliphatic carbocycles. The number of amides is 1. The molecule has 8 nitrogen and oxygen atoms in total. The van der Waals surface area contributed by atoms with Crippen LogP contribution in [0.2, 0.25) is 0 Å². The molecule has 11 heteroatoms. The number of alkyl halides is 3. The smallest absolute Gasteiger partial charge is 0.410 e. The monoisotopic (exact) mass is 527 g/mol. The van der Waals surface area contributed by atoms with Gasteiger partial charge in [-0.05, 0) is 48.2 Å². The Morgan fingerprint density at radius 3 is 2.58 bits per heavy atom. The van der Waals surface area contributed by atoms with E-state index >= 15 is 0 Å². The van der Waals surface area contributed by atoms with Crippen LogP contribution in [0.1, 0.15) is 34.0 Å². The third-order valence-corrected chi connectivity index (χ3v) is 7.06. The molecule has 2 unspecified atom stereocenters. The number of carbonyl (C=O) groups is 2. The summed E-state index contributed by atoms with van der Waals surface area (Å²) in [6.07, 6.45) is -0.736. The summed E-state index contributed by atoms with van der Waals surface area (Å²) in [6, 6.07) is 10.6. The number of ether oxygens (including phenoxy) is 1. The normalized spacial score (nSPS) is 20.2. The van der Waals surface area contributed by atoms with Gasteiger partial charge in [-0.3, -0.25) is 9.69 Å². The van der Waals surface area contributed by atoms with Gasteiger partial charge in [-0.15, -0.1) is 0 Å². The van der Waals surface area contributed by atoms with Crippen molar-refractivity contribution in [3.05, 3.63) is 77.4 Å². The molecule has 1 amide bonds. The summed E-state index contributed by atoms with van der Waals surface area (Å²) in [5, 5.41) is 4.04. The van der Waals surface area contributed by atoms with E-state index in [9.17, 15) is 22.8 Å². The quantitative estimate of drug-likeness (QED) is 0.458. The lowest BCUT2D eigenvalue weighted by Gasteiger charge is -2.42. The number of esters is 1. The van der Waals surface area contributed by atoms with Gasteiger partial charge in [0.1, 0.15) is 24.8 Å². The summed E-state index contributed by atoms with van der Waals surface area (Å²) in [4.78, 5) is 31.6. The van der Waals surface area contributed by atoms with E-state index in [1.54, 1.807) is 39.9 Å². The van der Waals surface area contributed by atoms with Crippen molar-refractivity contribution in [2.75, 3.05) is 26.2 Å². The van der Waals surface area contributed by atoms with E-state index in [0.717, 1.165) is 21.7 Å². The van der Waals surface area contributed by atoms with E-state index in [1.807, 2.05) is 19.1 Å². The van der Waals surface area contributed by atoms with Gasteiger partial charge < -0.3 is 9.64 Å². The minimum atomic E-state index is -4.53. The number of piperazine rings is 1. The lowest BCUT2D eigenvalue weighted by atomic mass is 9.96. The first-order valence-corrected chi connectivity index (χ1v) is 12.5. The summed E-state index contributed by atoms with van der Waals surface area (Å²) in [5.74, 6) is -0.888. The molecular weight excluding hydrogens is 499 g/mol. The van der Waals surface area contributed by atoms with Gasteiger partial charge in [0, 0.05) is 32.6 Å². The lowest BCUT2D eigenvalue weighted by molar-refractivity contribution is -0.200. The number of nitrogens with zero attached hydrogens (tertiary/aromatic N) is 5. The van der Waals surface area contributed by atoms with E-state index in [2.05, 4.69) is 10.1 Å². The van der Waals surface area contributed by atoms with Crippen molar-refractivity contribution in [2.45, 2.75) is 44.5 Å². The van der Waals surface area contributed by atoms with Crippen molar-refractivity contribution in [2.24, 2.45) is 0 Å². The fraction of sp³-hybridized carbons (Fsp3) is 0.407. The van der Waals surface area contributed by atoms with Gasteiger partial charge in [0.25, 0.3) is 0 Å². The van der Waals surface area contributed by atoms with E-state index in [-0.39, 0.29) is 31.6 Å². The summed E-state index contributed by atoms with van der Waals surface area (Å²) < 4.78 is 48.9. The molecule has 3 aromatic rings. The van der Waals surface area contributed by atoms with Crippen LogP contribution in [-0.2, 0) is 28.8 Å². The van der Waals surface area contributed by atoms with Crippen molar-refractivity contribution >= 4 is 11.9 Å². The molecule has 200 valence electrons. The fourth-order valence-corrected chi connectivity index (χ4v) is 5.06. The second kappa shape index (κ2) is 10.6. The minimum Gasteiger partial charge on any atom is -0.459 e. The van der Waals surface area contributed by atoms with E-state index in [0.29, 0.717) is 37.1 Å². The first-order chi connectivity index (χ1) is 18.2. The first kappa shape index (κ1) is 25.9. The van der Waals surface area contributed by atoms with Crippen LogP contribution >= 0.6 is 0 Å². The highest BCUT2D eigenvalue weighted by atomic mass is 19.4. The molecule has 38 heavy (non-hydrogen) atoms. The number of cyclic esters (lactones) is 1. The van der Waals surface area contributed by atoms with Gasteiger partial charge >= 0.3 is 12.1 Å². The maximum Gasteiger partial charge on any atom is 0.410 e. The molecule has 1 fully saturated rings. The highest BCUT2D eigenvalue weighted by molar-refractivity contribution is 5.92. The molecule has 2 aliphatic rings. The topological polar surface area (TPSA) is 80.6 Å². The van der Waals surface area contributed by atoms with Crippen molar-refractivity contribution in [3.8, 4) is 5.69 Å². The molecule has 0 bridgehead atoms. The Hall–Kier alpha value is -3.73. The molecular formula is C27H28F3N5O3. The van der Waals surface area contributed by atoms with Gasteiger partial charge in [0.15, 0.2) is 0 Å². The lowest BCUT2D eigenvalue weighted by Crippen LogP contribution is -2.61. The number of fused-ring (bicyclic) bond motifs is 1. The molecule has 5 rings (SSSR count). The van der Waals surface area contributed by atoms with E-state index in [1.165, 1.54) is 12.7 Å². The zero-order valence-corrected chi connectivity index (χ0v) is 20.9. The van der Waals surface area contributed by atoms with Gasteiger partial charge in [0.2, 0.25) is 5.91 Å². The van der Waals surface area contributed by atoms with Crippen LogP contribution in [0.4, 0.5) is 13.2 Å². The summed E-state index contributed by atoms with van der Waals surface area (Å²) >= 11 is 0. The van der Waals surface area contributed by atoms with E-state index in [4.69, 9.17) is 4.74 Å². The highest BCUT2D eigenvalue weighted by Crippen LogP contribution is 2.29. The molecule has 2 atom stereocenters. The number of carbonyl (C=O) groups excluding carboxylic acids is 2. The van der Waals surface area contributed by atoms with Gasteiger partial charge in [-0.25, -0.2) is 14.5 Å². The molecule has 0 spiro atoms. The number of hydrogen-bond donors (Lipinski definition) is 0. The molecule has 1 saturated heterocycles. The standard InChI is InChI=1S/C27H28F3N5O3/c1-18-12-21-13-20(4-7-23(21)26(37)38-18)8-9-33-10-11-34(24(15-33)27(28,29)30)25(36)14-19-2-5-22(6-3-19)35-17-31-16-32-35/h2-7,13,16-18,24H,8-12,14-15H2,1H3. The Morgan fingerprint density at radius 1 is 1.11 bits per heavy atom. The maximum absolute atomic E-state index is 14.0. The molecule has 0 radical (unpaired) electrons. The Balaban J connectivity index is 1.20. The number of halogens is 3. The molecule has 2 aromatic carbocycles. The first-order valence-electron chi connectivity index (χ1n) is 12.5. The average molecular weight is 528 g/mol. The van der Waals surface area contributed by atoms with Crippen LogP contribution in [0, 0.1) is 0 Å². The average Bonchev–Trinajstić information content (AvgIpc) is 3.42. The number of benzene rings is 2. The zero-order valence-electron chi connectivity index (χ0n) is 20.9. The molecule has 3 heterocycles. The number of aromatic nitrogens is 3. The van der Waals surface area contributed by atoms with Crippen molar-refractivity contribution in [3.63, 3.8) is 0 Å². The van der Waals surface area contributed by atoms with Gasteiger partial charge in [0.05, 0.1) is 17.7 Å². The Morgan fingerprint density at radius 2 is 1.87 bits per heavy atom. The molecule has 1 aromatic heterocycles. The van der Waals surface area contributed by atoms with Crippen LogP contribution < -0.4 is 0 Å². The zero-order chi connectivity index (χ0) is 26.9. The maximum atomic E-state index is 14.0. The summed E-state index contributed by atoms with van der Waals surface area (Å²) in [5.41, 5.74) is 3.79. The van der Waals surface area contributed by atoms with Crippen LogP contribution in [0.3, 0.4) is 0 Å². The van der Waals surface area contributed by atoms with Gasteiger partial charge in [-0.1, -0.05) is 24.3 Å². The predicted octanol–water partition coefficient (Wildman–Crippen LogP) is 3.23.